The van der Waals surface area contributed by atoms with Gasteiger partial charge in [-0.2, -0.15) is 0 Å². The minimum atomic E-state index is -0.378. The number of carbonyl (C=O) groups excluding carboxylic acids is 1. The summed E-state index contributed by atoms with van der Waals surface area (Å²) in [6, 6.07) is 7.69. The van der Waals surface area contributed by atoms with Gasteiger partial charge in [0.25, 0.3) is 5.91 Å². The Morgan fingerprint density at radius 2 is 2.10 bits per heavy atom. The Morgan fingerprint density at radius 1 is 1.35 bits per heavy atom. The van der Waals surface area contributed by atoms with E-state index in [-0.39, 0.29) is 47.8 Å². The zero-order valence-electron chi connectivity index (χ0n) is 18.7. The highest BCUT2D eigenvalue weighted by Gasteiger charge is 2.34. The first-order chi connectivity index (χ1) is 14.8. The number of aliphatic hydroxyl groups is 1. The molecule has 2 aromatic rings. The van der Waals surface area contributed by atoms with Crippen LogP contribution in [-0.2, 0) is 0 Å². The van der Waals surface area contributed by atoms with Crippen LogP contribution in [0.2, 0.25) is 0 Å². The Kier molecular flexibility index (Phi) is 7.62. The average molecular weight is 430 g/mol. The summed E-state index contributed by atoms with van der Waals surface area (Å²) in [6.45, 7) is 7.94. The van der Waals surface area contributed by atoms with Gasteiger partial charge in [-0.15, -0.1) is 0 Å². The highest BCUT2D eigenvalue weighted by molar-refractivity contribution is 5.98. The molecule has 1 amide bonds. The second-order valence-electron chi connectivity index (χ2n) is 8.44. The predicted molar refractivity (Wildman–Crippen MR) is 119 cm³/mol. The summed E-state index contributed by atoms with van der Waals surface area (Å²) in [7, 11) is 2.05. The molecule has 1 aromatic heterocycles. The van der Waals surface area contributed by atoms with Crippen LogP contribution in [0.1, 0.15) is 37.6 Å². The number of halogens is 1. The number of rotatable bonds is 7. The van der Waals surface area contributed by atoms with Gasteiger partial charge in [-0.25, -0.2) is 9.37 Å². The maximum Gasteiger partial charge on any atom is 0.259 e. The van der Waals surface area contributed by atoms with Gasteiger partial charge in [0.05, 0.1) is 12.6 Å². The maximum absolute atomic E-state index is 14.3. The molecule has 1 aliphatic heterocycles. The Bertz CT molecular complexity index is 907. The molecule has 0 unspecified atom stereocenters. The van der Waals surface area contributed by atoms with E-state index in [1.54, 1.807) is 35.4 Å². The monoisotopic (exact) mass is 429 g/mol. The van der Waals surface area contributed by atoms with Gasteiger partial charge in [-0.1, -0.05) is 32.0 Å². The van der Waals surface area contributed by atoms with E-state index in [4.69, 9.17) is 4.74 Å². The molecule has 7 heteroatoms. The molecular weight excluding hydrogens is 397 g/mol. The molecule has 168 valence electrons. The summed E-state index contributed by atoms with van der Waals surface area (Å²) in [4.78, 5) is 21.7. The van der Waals surface area contributed by atoms with Gasteiger partial charge < -0.3 is 19.6 Å². The van der Waals surface area contributed by atoms with Crippen LogP contribution in [0.3, 0.4) is 0 Å². The maximum atomic E-state index is 14.3. The largest absolute Gasteiger partial charge is 0.472 e. The summed E-state index contributed by atoms with van der Waals surface area (Å²) in [5.74, 6) is -0.355. The van der Waals surface area contributed by atoms with Crippen LogP contribution in [0.4, 0.5) is 4.39 Å². The lowest BCUT2D eigenvalue weighted by Crippen LogP contribution is -2.50. The third-order valence-corrected chi connectivity index (χ3v) is 5.80. The summed E-state index contributed by atoms with van der Waals surface area (Å²) in [5, 5.41) is 9.75. The molecule has 1 aromatic carbocycles. The third-order valence-electron chi connectivity index (χ3n) is 5.80. The number of hydrogen-bond donors (Lipinski definition) is 1. The summed E-state index contributed by atoms with van der Waals surface area (Å²) in [6.07, 6.45) is 2.40. The highest BCUT2D eigenvalue weighted by atomic mass is 19.1. The standard InChI is InChI=1S/C24H32FN3O3/c1-5-10-27(4)14-22-16(2)13-28(17(3)15-29)24(30)20-11-18(12-26-23(20)31-22)19-8-6-7-9-21(19)25/h6-9,11-12,16-17,22,29H,5,10,13-15H2,1-4H3/t16-,17-,22-/m0/s1. The smallest absolute Gasteiger partial charge is 0.259 e. The fraction of sp³-hybridized carbons (Fsp3) is 0.500. The van der Waals surface area contributed by atoms with E-state index in [1.165, 1.54) is 6.07 Å². The molecule has 31 heavy (non-hydrogen) atoms. The van der Waals surface area contributed by atoms with E-state index in [2.05, 4.69) is 16.8 Å². The average Bonchev–Trinajstić information content (AvgIpc) is 2.76. The molecule has 6 nitrogen and oxygen atoms in total. The summed E-state index contributed by atoms with van der Waals surface area (Å²) >= 11 is 0. The molecule has 0 bridgehead atoms. The van der Waals surface area contributed by atoms with Crippen molar-refractivity contribution in [2.24, 2.45) is 5.92 Å². The number of nitrogens with zero attached hydrogens (tertiary/aromatic N) is 3. The topological polar surface area (TPSA) is 65.9 Å². The van der Waals surface area contributed by atoms with Crippen LogP contribution in [0, 0.1) is 11.7 Å². The van der Waals surface area contributed by atoms with Gasteiger partial charge in [0, 0.05) is 36.3 Å². The van der Waals surface area contributed by atoms with Crippen LogP contribution >= 0.6 is 0 Å². The number of aromatic nitrogens is 1. The lowest BCUT2D eigenvalue weighted by atomic mass is 9.99. The van der Waals surface area contributed by atoms with Gasteiger partial charge in [0.1, 0.15) is 17.5 Å². The SMILES string of the molecule is CCCN(C)C[C@@H]1Oc2ncc(-c3ccccc3F)cc2C(=O)N([C@@H](C)CO)C[C@@H]1C. The van der Waals surface area contributed by atoms with Crippen LogP contribution in [-0.4, -0.2) is 71.2 Å². The second kappa shape index (κ2) is 10.2. The first-order valence-electron chi connectivity index (χ1n) is 10.9. The summed E-state index contributed by atoms with van der Waals surface area (Å²) in [5.41, 5.74) is 1.18. The van der Waals surface area contributed by atoms with Crippen molar-refractivity contribution in [2.45, 2.75) is 39.3 Å². The van der Waals surface area contributed by atoms with Crippen molar-refractivity contribution < 1.29 is 19.0 Å². The fourth-order valence-corrected chi connectivity index (χ4v) is 3.94. The lowest BCUT2D eigenvalue weighted by molar-refractivity contribution is 0.0331. The van der Waals surface area contributed by atoms with E-state index in [9.17, 15) is 14.3 Å². The van der Waals surface area contributed by atoms with E-state index in [0.717, 1.165) is 13.0 Å². The van der Waals surface area contributed by atoms with E-state index in [1.807, 2.05) is 20.9 Å². The first-order valence-corrected chi connectivity index (χ1v) is 10.9. The molecule has 0 radical (unpaired) electrons. The molecule has 1 aliphatic rings. The highest BCUT2D eigenvalue weighted by Crippen LogP contribution is 2.31. The van der Waals surface area contributed by atoms with Gasteiger partial charge in [0.15, 0.2) is 0 Å². The molecule has 0 aliphatic carbocycles. The normalized spacial score (nSPS) is 20.1. The van der Waals surface area contributed by atoms with Crippen molar-refractivity contribution in [3.05, 3.63) is 47.9 Å². The molecule has 3 rings (SSSR count). The Hall–Kier alpha value is -2.51. The Morgan fingerprint density at radius 3 is 2.77 bits per heavy atom. The van der Waals surface area contributed by atoms with Gasteiger partial charge in [-0.05, 0) is 39.1 Å². The van der Waals surface area contributed by atoms with Crippen molar-refractivity contribution in [3.8, 4) is 17.0 Å². The van der Waals surface area contributed by atoms with Crippen LogP contribution in [0.15, 0.2) is 36.5 Å². The summed E-state index contributed by atoms with van der Waals surface area (Å²) < 4.78 is 20.6. The van der Waals surface area contributed by atoms with Crippen molar-refractivity contribution in [1.82, 2.24) is 14.8 Å². The van der Waals surface area contributed by atoms with E-state index >= 15 is 0 Å². The molecule has 0 fully saturated rings. The zero-order chi connectivity index (χ0) is 22.5. The van der Waals surface area contributed by atoms with Gasteiger partial charge in [-0.3, -0.25) is 4.79 Å². The number of hydrogen-bond acceptors (Lipinski definition) is 5. The Labute approximate surface area is 183 Å². The fourth-order valence-electron chi connectivity index (χ4n) is 3.94. The lowest BCUT2D eigenvalue weighted by Gasteiger charge is -2.37. The van der Waals surface area contributed by atoms with Crippen LogP contribution < -0.4 is 4.74 Å². The molecule has 0 spiro atoms. The number of aliphatic hydroxyl groups excluding tert-OH is 1. The number of pyridine rings is 1. The predicted octanol–water partition coefficient (Wildman–Crippen LogP) is 3.45. The van der Waals surface area contributed by atoms with Crippen molar-refractivity contribution in [2.75, 3.05) is 33.3 Å². The molecule has 3 atom stereocenters. The molecule has 2 heterocycles. The van der Waals surface area contributed by atoms with Crippen LogP contribution in [0.25, 0.3) is 11.1 Å². The minimum absolute atomic E-state index is 0.0402. The molecule has 0 saturated carbocycles. The number of carbonyl (C=O) groups is 1. The van der Waals surface area contributed by atoms with Crippen molar-refractivity contribution in [1.29, 1.82) is 0 Å². The number of amides is 1. The quantitative estimate of drug-likeness (QED) is 0.730. The number of fused-ring (bicyclic) bond motifs is 1. The molecular formula is C24H32FN3O3. The first kappa shape index (κ1) is 23.2. The molecule has 0 saturated heterocycles. The number of likely N-dealkylation sites (N-methyl/N-ethyl adjacent to an activating group) is 1. The van der Waals surface area contributed by atoms with Crippen LogP contribution in [0.5, 0.6) is 5.88 Å². The molecule has 1 N–H and O–H groups in total. The Balaban J connectivity index is 2.04. The number of benzene rings is 1. The second-order valence-corrected chi connectivity index (χ2v) is 8.44. The third kappa shape index (κ3) is 5.22. The van der Waals surface area contributed by atoms with Crippen molar-refractivity contribution >= 4 is 5.91 Å². The van der Waals surface area contributed by atoms with E-state index in [0.29, 0.717) is 24.2 Å². The number of ether oxygens (including phenoxy) is 1. The van der Waals surface area contributed by atoms with E-state index < -0.39 is 0 Å². The zero-order valence-corrected chi connectivity index (χ0v) is 18.7. The van der Waals surface area contributed by atoms with Gasteiger partial charge in [0.2, 0.25) is 5.88 Å². The minimum Gasteiger partial charge on any atom is -0.472 e. The van der Waals surface area contributed by atoms with Gasteiger partial charge >= 0.3 is 0 Å². The van der Waals surface area contributed by atoms with Crippen molar-refractivity contribution in [3.63, 3.8) is 0 Å².